The minimum atomic E-state index is -0.711. The second kappa shape index (κ2) is 6.01. The minimum absolute atomic E-state index is 0.0576. The molecule has 0 saturated heterocycles. The molecule has 96 valence electrons. The van der Waals surface area contributed by atoms with Gasteiger partial charge in [-0.25, -0.2) is 0 Å². The minimum Gasteiger partial charge on any atom is -0.468 e. The lowest BCUT2D eigenvalue weighted by atomic mass is 10.2. The van der Waals surface area contributed by atoms with Crippen molar-refractivity contribution >= 4 is 29.3 Å². The Morgan fingerprint density at radius 2 is 2.17 bits per heavy atom. The summed E-state index contributed by atoms with van der Waals surface area (Å²) in [4.78, 5) is 32.4. The van der Waals surface area contributed by atoms with Crippen molar-refractivity contribution in [2.75, 3.05) is 12.9 Å². The molecule has 0 aliphatic carbocycles. The van der Waals surface area contributed by atoms with Crippen LogP contribution >= 0.6 is 11.8 Å². The molecule has 0 radical (unpaired) electrons. The van der Waals surface area contributed by atoms with E-state index < -0.39 is 16.8 Å². The number of ether oxygens (including phenoxy) is 1. The monoisotopic (exact) mass is 270 g/mol. The second-order valence-corrected chi connectivity index (χ2v) is 4.18. The van der Waals surface area contributed by atoms with Gasteiger partial charge in [0, 0.05) is 17.0 Å². The van der Waals surface area contributed by atoms with E-state index in [1.54, 1.807) is 0 Å². The van der Waals surface area contributed by atoms with Gasteiger partial charge in [-0.3, -0.25) is 19.7 Å². The molecule has 0 aromatic heterocycles. The highest BCUT2D eigenvalue weighted by Crippen LogP contribution is 2.27. The number of primary amides is 1. The Balaban J connectivity index is 3.03. The first kappa shape index (κ1) is 14.0. The van der Waals surface area contributed by atoms with Crippen LogP contribution in [0, 0.1) is 10.1 Å². The fourth-order valence-electron chi connectivity index (χ4n) is 1.14. The Kier molecular flexibility index (Phi) is 4.67. The highest BCUT2D eigenvalue weighted by Gasteiger charge is 2.15. The van der Waals surface area contributed by atoms with Gasteiger partial charge in [-0.1, -0.05) is 0 Å². The molecule has 7 nitrogen and oxygen atoms in total. The first-order valence-corrected chi connectivity index (χ1v) is 5.72. The first-order chi connectivity index (χ1) is 8.45. The van der Waals surface area contributed by atoms with E-state index in [9.17, 15) is 19.7 Å². The third kappa shape index (κ3) is 3.45. The number of carbonyl (C=O) groups is 2. The summed E-state index contributed by atoms with van der Waals surface area (Å²) >= 11 is 0.960. The Labute approximate surface area is 106 Å². The summed E-state index contributed by atoms with van der Waals surface area (Å²) in [5, 5.41) is 10.6. The zero-order valence-corrected chi connectivity index (χ0v) is 10.2. The molecular formula is C10H10N2O5S. The van der Waals surface area contributed by atoms with E-state index in [1.807, 2.05) is 0 Å². The maximum atomic E-state index is 11.1. The quantitative estimate of drug-likeness (QED) is 0.369. The summed E-state index contributed by atoms with van der Waals surface area (Å²) < 4.78 is 4.44. The van der Waals surface area contributed by atoms with E-state index in [1.165, 1.54) is 25.3 Å². The Bertz CT molecular complexity index is 503. The number of nitro benzene ring substituents is 1. The number of nitro groups is 1. The Morgan fingerprint density at radius 3 is 2.67 bits per heavy atom. The highest BCUT2D eigenvalue weighted by atomic mass is 32.2. The van der Waals surface area contributed by atoms with Crippen LogP contribution in [0.4, 0.5) is 5.69 Å². The summed E-state index contributed by atoms with van der Waals surface area (Å²) in [6.45, 7) is 0. The Morgan fingerprint density at radius 1 is 1.50 bits per heavy atom. The molecule has 0 fully saturated rings. The van der Waals surface area contributed by atoms with Crippen molar-refractivity contribution in [1.29, 1.82) is 0 Å². The lowest BCUT2D eigenvalue weighted by Gasteiger charge is -2.05. The average Bonchev–Trinajstić information content (AvgIpc) is 2.35. The van der Waals surface area contributed by atoms with Gasteiger partial charge in [0.2, 0.25) is 5.91 Å². The van der Waals surface area contributed by atoms with E-state index in [0.717, 1.165) is 11.8 Å². The molecule has 0 atom stereocenters. The van der Waals surface area contributed by atoms with Gasteiger partial charge in [0.15, 0.2) is 0 Å². The molecule has 0 bridgehead atoms. The second-order valence-electron chi connectivity index (χ2n) is 3.17. The van der Waals surface area contributed by atoms with E-state index in [0.29, 0.717) is 0 Å². The van der Waals surface area contributed by atoms with Gasteiger partial charge in [-0.05, 0) is 6.07 Å². The molecule has 0 spiro atoms. The number of hydrogen-bond donors (Lipinski definition) is 1. The van der Waals surface area contributed by atoms with Crippen molar-refractivity contribution in [2.24, 2.45) is 5.73 Å². The summed E-state index contributed by atoms with van der Waals surface area (Å²) in [5.41, 5.74) is 5.10. The van der Waals surface area contributed by atoms with Crippen LogP contribution in [0.5, 0.6) is 0 Å². The number of amides is 1. The van der Waals surface area contributed by atoms with Gasteiger partial charge in [-0.15, -0.1) is 11.8 Å². The zero-order chi connectivity index (χ0) is 13.7. The normalized spacial score (nSPS) is 9.83. The molecule has 1 amide bonds. The van der Waals surface area contributed by atoms with Crippen molar-refractivity contribution in [3.63, 3.8) is 0 Å². The van der Waals surface area contributed by atoms with Crippen molar-refractivity contribution < 1.29 is 19.2 Å². The largest absolute Gasteiger partial charge is 0.468 e. The molecule has 0 aliphatic rings. The smallest absolute Gasteiger partial charge is 0.315 e. The van der Waals surface area contributed by atoms with Gasteiger partial charge >= 0.3 is 5.97 Å². The maximum absolute atomic E-state index is 11.1. The summed E-state index contributed by atoms with van der Waals surface area (Å²) in [7, 11) is 1.23. The molecule has 1 aromatic rings. The van der Waals surface area contributed by atoms with Crippen LogP contribution in [0.3, 0.4) is 0 Å². The lowest BCUT2D eigenvalue weighted by molar-refractivity contribution is -0.385. The summed E-state index contributed by atoms with van der Waals surface area (Å²) in [5.74, 6) is -1.27. The number of benzene rings is 1. The number of hydrogen-bond acceptors (Lipinski definition) is 6. The number of nitrogens with zero attached hydrogens (tertiary/aromatic N) is 1. The third-order valence-electron chi connectivity index (χ3n) is 2.01. The number of carbonyl (C=O) groups excluding carboxylic acids is 2. The van der Waals surface area contributed by atoms with Gasteiger partial charge in [0.25, 0.3) is 5.69 Å². The maximum Gasteiger partial charge on any atom is 0.315 e. The predicted molar refractivity (Wildman–Crippen MR) is 64.4 cm³/mol. The molecule has 2 N–H and O–H groups in total. The Hall–Kier alpha value is -2.09. The molecule has 1 aromatic carbocycles. The SMILES string of the molecule is COC(=O)CSc1cc([N+](=O)[O-])ccc1C(N)=O. The van der Waals surface area contributed by atoms with Crippen LogP contribution < -0.4 is 5.73 Å². The number of thioether (sulfide) groups is 1. The van der Waals surface area contributed by atoms with Crippen LogP contribution in [0.25, 0.3) is 0 Å². The molecule has 0 aliphatic heterocycles. The van der Waals surface area contributed by atoms with Gasteiger partial charge in [0.05, 0.1) is 23.3 Å². The fraction of sp³-hybridized carbons (Fsp3) is 0.200. The van der Waals surface area contributed by atoms with Crippen molar-refractivity contribution in [2.45, 2.75) is 4.90 Å². The van der Waals surface area contributed by atoms with Crippen LogP contribution in [-0.2, 0) is 9.53 Å². The molecule has 18 heavy (non-hydrogen) atoms. The average molecular weight is 270 g/mol. The number of methoxy groups -OCH3 is 1. The molecule has 1 rings (SSSR count). The van der Waals surface area contributed by atoms with Gasteiger partial charge in [-0.2, -0.15) is 0 Å². The number of esters is 1. The highest BCUT2D eigenvalue weighted by molar-refractivity contribution is 8.00. The molecule has 0 unspecified atom stereocenters. The van der Waals surface area contributed by atoms with Gasteiger partial charge in [0.1, 0.15) is 0 Å². The third-order valence-corrected chi connectivity index (χ3v) is 3.04. The van der Waals surface area contributed by atoms with Crippen molar-refractivity contribution in [3.8, 4) is 0 Å². The molecular weight excluding hydrogens is 260 g/mol. The van der Waals surface area contributed by atoms with Crippen molar-refractivity contribution in [1.82, 2.24) is 0 Å². The molecule has 0 heterocycles. The topological polar surface area (TPSA) is 113 Å². The number of rotatable bonds is 5. The predicted octanol–water partition coefficient (Wildman–Crippen LogP) is 0.959. The van der Waals surface area contributed by atoms with E-state index in [4.69, 9.17) is 5.73 Å². The van der Waals surface area contributed by atoms with E-state index in [-0.39, 0.29) is 21.9 Å². The van der Waals surface area contributed by atoms with Gasteiger partial charge < -0.3 is 10.5 Å². The fourth-order valence-corrected chi connectivity index (χ4v) is 2.06. The standard InChI is InChI=1S/C10H10N2O5S/c1-17-9(13)5-18-8-4-6(12(15)16)2-3-7(8)10(11)14/h2-4H,5H2,1H3,(H2,11,14). The van der Waals surface area contributed by atoms with Crippen molar-refractivity contribution in [3.05, 3.63) is 33.9 Å². The summed E-state index contributed by atoms with van der Waals surface area (Å²) in [6.07, 6.45) is 0. The van der Waals surface area contributed by atoms with Crippen LogP contribution in [0.2, 0.25) is 0 Å². The number of nitrogens with two attached hydrogens (primary N) is 1. The van der Waals surface area contributed by atoms with Crippen LogP contribution in [0.15, 0.2) is 23.1 Å². The lowest BCUT2D eigenvalue weighted by Crippen LogP contribution is -2.13. The first-order valence-electron chi connectivity index (χ1n) is 4.73. The zero-order valence-electron chi connectivity index (χ0n) is 9.41. The van der Waals surface area contributed by atoms with E-state index >= 15 is 0 Å². The van der Waals surface area contributed by atoms with Crippen LogP contribution in [-0.4, -0.2) is 29.7 Å². The van der Waals surface area contributed by atoms with E-state index in [2.05, 4.69) is 4.74 Å². The molecule has 8 heteroatoms. The number of non-ortho nitro benzene ring substituents is 1. The van der Waals surface area contributed by atoms with Crippen LogP contribution in [0.1, 0.15) is 10.4 Å². The summed E-state index contributed by atoms with van der Waals surface area (Å²) in [6, 6.07) is 3.65. The molecule has 0 saturated carbocycles.